The lowest BCUT2D eigenvalue weighted by molar-refractivity contribution is 0.0693. The Morgan fingerprint density at radius 3 is 2.62 bits per heavy atom. The van der Waals surface area contributed by atoms with Gasteiger partial charge in [0.05, 0.1) is 0 Å². The van der Waals surface area contributed by atoms with Crippen LogP contribution in [0.5, 0.6) is 0 Å². The smallest absolute Gasteiger partial charge is 0.355 e. The Morgan fingerprint density at radius 2 is 2.00 bits per heavy atom. The molecule has 1 aromatic heterocycles. The molecular formula is C12H12N2O2. The summed E-state index contributed by atoms with van der Waals surface area (Å²) in [6.45, 7) is 0. The fraction of sp³-hybridized carbons (Fsp3) is 0.167. The Labute approximate surface area is 93.1 Å². The number of hydrogen-bond acceptors (Lipinski definition) is 3. The monoisotopic (exact) mass is 216 g/mol. The molecule has 0 spiro atoms. The van der Waals surface area contributed by atoms with Gasteiger partial charge >= 0.3 is 5.97 Å². The maximum Gasteiger partial charge on any atom is 0.355 e. The molecule has 0 aliphatic heterocycles. The van der Waals surface area contributed by atoms with Gasteiger partial charge in [-0.05, 0) is 12.1 Å². The number of rotatable bonds is 2. The zero-order chi connectivity index (χ0) is 11.7. The lowest BCUT2D eigenvalue weighted by Gasteiger charge is -2.15. The van der Waals surface area contributed by atoms with Crippen molar-refractivity contribution in [3.63, 3.8) is 0 Å². The summed E-state index contributed by atoms with van der Waals surface area (Å²) in [7, 11) is 3.85. The molecular weight excluding hydrogens is 204 g/mol. The molecule has 1 N–H and O–H groups in total. The maximum absolute atomic E-state index is 11.0. The highest BCUT2D eigenvalue weighted by molar-refractivity contribution is 6.05. The first kappa shape index (κ1) is 10.4. The summed E-state index contributed by atoms with van der Waals surface area (Å²) in [6.07, 6.45) is 1.53. The molecule has 0 saturated heterocycles. The summed E-state index contributed by atoms with van der Waals surface area (Å²) < 4.78 is 0. The van der Waals surface area contributed by atoms with Crippen molar-refractivity contribution in [3.8, 4) is 0 Å². The number of nitrogens with zero attached hydrogens (tertiary/aromatic N) is 2. The molecule has 0 atom stereocenters. The predicted octanol–water partition coefficient (Wildman–Crippen LogP) is 2.00. The normalized spacial score (nSPS) is 10.4. The van der Waals surface area contributed by atoms with Gasteiger partial charge in [0, 0.05) is 36.8 Å². The number of aromatic nitrogens is 1. The van der Waals surface area contributed by atoms with Crippen LogP contribution in [0.2, 0.25) is 0 Å². The van der Waals surface area contributed by atoms with E-state index in [-0.39, 0.29) is 5.69 Å². The van der Waals surface area contributed by atoms with Crippen LogP contribution in [0, 0.1) is 0 Å². The zero-order valence-corrected chi connectivity index (χ0v) is 9.14. The van der Waals surface area contributed by atoms with Crippen molar-refractivity contribution in [2.75, 3.05) is 19.0 Å². The molecule has 0 amide bonds. The Hall–Kier alpha value is -2.10. The number of anilines is 1. The molecule has 2 rings (SSSR count). The molecule has 0 unspecified atom stereocenters. The zero-order valence-electron chi connectivity index (χ0n) is 9.14. The van der Waals surface area contributed by atoms with Gasteiger partial charge in [0.25, 0.3) is 0 Å². The van der Waals surface area contributed by atoms with E-state index in [9.17, 15) is 4.79 Å². The predicted molar refractivity (Wildman–Crippen MR) is 63.0 cm³/mol. The first-order valence-corrected chi connectivity index (χ1v) is 4.89. The number of aromatic carboxylic acids is 1. The van der Waals surface area contributed by atoms with Crippen molar-refractivity contribution in [2.24, 2.45) is 0 Å². The molecule has 0 aliphatic carbocycles. The van der Waals surface area contributed by atoms with Crippen LogP contribution in [0.15, 0.2) is 30.5 Å². The van der Waals surface area contributed by atoms with E-state index < -0.39 is 5.97 Å². The first-order chi connectivity index (χ1) is 7.61. The SMILES string of the molecule is CN(C)c1cccc2c(C(=O)O)nccc12. The molecule has 1 heterocycles. The van der Waals surface area contributed by atoms with Gasteiger partial charge in [-0.15, -0.1) is 0 Å². The van der Waals surface area contributed by atoms with Crippen LogP contribution in [0.4, 0.5) is 5.69 Å². The van der Waals surface area contributed by atoms with Gasteiger partial charge in [0.1, 0.15) is 0 Å². The largest absolute Gasteiger partial charge is 0.476 e. The second-order valence-electron chi connectivity index (χ2n) is 3.73. The van der Waals surface area contributed by atoms with Crippen molar-refractivity contribution >= 4 is 22.4 Å². The molecule has 0 aliphatic rings. The Kier molecular flexibility index (Phi) is 2.48. The first-order valence-electron chi connectivity index (χ1n) is 4.89. The van der Waals surface area contributed by atoms with Crippen molar-refractivity contribution in [1.82, 2.24) is 4.98 Å². The van der Waals surface area contributed by atoms with Crippen LogP contribution >= 0.6 is 0 Å². The Bertz CT molecular complexity index is 550. The van der Waals surface area contributed by atoms with Crippen LogP contribution < -0.4 is 4.90 Å². The topological polar surface area (TPSA) is 53.4 Å². The molecule has 4 heteroatoms. The summed E-state index contributed by atoms with van der Waals surface area (Å²) >= 11 is 0. The average molecular weight is 216 g/mol. The van der Waals surface area contributed by atoms with Gasteiger partial charge in [0.2, 0.25) is 0 Å². The molecule has 4 nitrogen and oxygen atoms in total. The minimum atomic E-state index is -0.999. The fourth-order valence-electron chi connectivity index (χ4n) is 1.75. The Balaban J connectivity index is 2.81. The van der Waals surface area contributed by atoms with Gasteiger partial charge in [-0.25, -0.2) is 9.78 Å². The second kappa shape index (κ2) is 3.81. The fourth-order valence-corrected chi connectivity index (χ4v) is 1.75. The second-order valence-corrected chi connectivity index (χ2v) is 3.73. The third-order valence-electron chi connectivity index (χ3n) is 2.47. The van der Waals surface area contributed by atoms with Crippen LogP contribution in [-0.4, -0.2) is 30.2 Å². The van der Waals surface area contributed by atoms with Crippen molar-refractivity contribution in [2.45, 2.75) is 0 Å². The van der Waals surface area contributed by atoms with Gasteiger partial charge in [-0.3, -0.25) is 0 Å². The Morgan fingerprint density at radius 1 is 1.25 bits per heavy atom. The molecule has 0 radical (unpaired) electrons. The summed E-state index contributed by atoms with van der Waals surface area (Å²) in [4.78, 5) is 16.9. The highest BCUT2D eigenvalue weighted by Crippen LogP contribution is 2.26. The van der Waals surface area contributed by atoms with Crippen molar-refractivity contribution in [3.05, 3.63) is 36.2 Å². The number of fused-ring (bicyclic) bond motifs is 1. The van der Waals surface area contributed by atoms with Gasteiger partial charge in [-0.2, -0.15) is 0 Å². The van der Waals surface area contributed by atoms with Gasteiger partial charge < -0.3 is 10.0 Å². The average Bonchev–Trinajstić information content (AvgIpc) is 2.27. The number of carboxylic acid groups (broad SMARTS) is 1. The number of carbonyl (C=O) groups is 1. The minimum absolute atomic E-state index is 0.0983. The third kappa shape index (κ3) is 1.58. The maximum atomic E-state index is 11.0. The van der Waals surface area contributed by atoms with Crippen LogP contribution in [0.1, 0.15) is 10.5 Å². The summed E-state index contributed by atoms with van der Waals surface area (Å²) in [5.74, 6) is -0.999. The van der Waals surface area contributed by atoms with E-state index in [2.05, 4.69) is 4.98 Å². The molecule has 0 fully saturated rings. The van der Waals surface area contributed by atoms with E-state index in [1.165, 1.54) is 6.20 Å². The minimum Gasteiger partial charge on any atom is -0.476 e. The van der Waals surface area contributed by atoms with E-state index >= 15 is 0 Å². The summed E-state index contributed by atoms with van der Waals surface area (Å²) in [6, 6.07) is 7.40. The molecule has 0 saturated carbocycles. The van der Waals surface area contributed by atoms with Crippen molar-refractivity contribution in [1.29, 1.82) is 0 Å². The number of hydrogen-bond donors (Lipinski definition) is 1. The van der Waals surface area contributed by atoms with Gasteiger partial charge in [0.15, 0.2) is 5.69 Å². The van der Waals surface area contributed by atoms with E-state index in [0.29, 0.717) is 5.39 Å². The molecule has 82 valence electrons. The number of carboxylic acids is 1. The van der Waals surface area contributed by atoms with Crippen molar-refractivity contribution < 1.29 is 9.90 Å². The summed E-state index contributed by atoms with van der Waals surface area (Å²) in [5.41, 5.74) is 1.09. The highest BCUT2D eigenvalue weighted by atomic mass is 16.4. The molecule has 16 heavy (non-hydrogen) atoms. The van der Waals surface area contributed by atoms with Crippen LogP contribution in [-0.2, 0) is 0 Å². The number of benzene rings is 1. The van der Waals surface area contributed by atoms with Crippen LogP contribution in [0.3, 0.4) is 0 Å². The lowest BCUT2D eigenvalue weighted by atomic mass is 10.1. The lowest BCUT2D eigenvalue weighted by Crippen LogP contribution is -2.10. The molecule has 1 aromatic carbocycles. The van der Waals surface area contributed by atoms with Gasteiger partial charge in [-0.1, -0.05) is 12.1 Å². The standard InChI is InChI=1S/C12H12N2O2/c1-14(2)10-5-3-4-9-8(10)6-7-13-11(9)12(15)16/h3-7H,1-2H3,(H,15,16). The quantitative estimate of drug-likeness (QED) is 0.834. The van der Waals surface area contributed by atoms with E-state index in [1.54, 1.807) is 6.07 Å². The summed E-state index contributed by atoms with van der Waals surface area (Å²) in [5, 5.41) is 10.6. The molecule has 2 aromatic rings. The van der Waals surface area contributed by atoms with E-state index in [0.717, 1.165) is 11.1 Å². The number of pyridine rings is 1. The third-order valence-corrected chi connectivity index (χ3v) is 2.47. The highest BCUT2D eigenvalue weighted by Gasteiger charge is 2.11. The van der Waals surface area contributed by atoms with E-state index in [1.807, 2.05) is 37.2 Å². The molecule has 0 bridgehead atoms. The van der Waals surface area contributed by atoms with E-state index in [4.69, 9.17) is 5.11 Å². The van der Waals surface area contributed by atoms with Crippen LogP contribution in [0.25, 0.3) is 10.8 Å².